The van der Waals surface area contributed by atoms with Gasteiger partial charge in [0.1, 0.15) is 9.86 Å². The minimum atomic E-state index is -5.08. The van der Waals surface area contributed by atoms with Crippen molar-refractivity contribution in [3.63, 3.8) is 0 Å². The van der Waals surface area contributed by atoms with Gasteiger partial charge in [0, 0.05) is 37.3 Å². The van der Waals surface area contributed by atoms with Gasteiger partial charge < -0.3 is 10.1 Å². The van der Waals surface area contributed by atoms with Crippen molar-refractivity contribution in [3.05, 3.63) is 47.6 Å². The van der Waals surface area contributed by atoms with Gasteiger partial charge in [0.15, 0.2) is 0 Å². The number of nitrogens with zero attached hydrogens (tertiary/aromatic N) is 2. The summed E-state index contributed by atoms with van der Waals surface area (Å²) in [7, 11) is -3.37. The summed E-state index contributed by atoms with van der Waals surface area (Å²) < 4.78 is 59.1. The van der Waals surface area contributed by atoms with Crippen molar-refractivity contribution in [2.45, 2.75) is 23.0 Å². The normalized spacial score (nSPS) is 15.4. The highest BCUT2D eigenvalue weighted by Gasteiger charge is 2.38. The summed E-state index contributed by atoms with van der Waals surface area (Å²) in [6.07, 6.45) is -3.21. The highest BCUT2D eigenvalue weighted by Crippen LogP contribution is 2.19. The summed E-state index contributed by atoms with van der Waals surface area (Å²) in [5, 5.41) is 9.99. The van der Waals surface area contributed by atoms with Crippen molar-refractivity contribution >= 4 is 38.4 Å². The number of pyridine rings is 1. The van der Waals surface area contributed by atoms with Crippen molar-refractivity contribution in [2.75, 3.05) is 13.1 Å². The van der Waals surface area contributed by atoms with E-state index in [2.05, 4.69) is 19.6 Å². The average molecular weight is 462 g/mol. The lowest BCUT2D eigenvalue weighted by molar-refractivity contribution is -0.192. The number of thiophene rings is 1. The van der Waals surface area contributed by atoms with Gasteiger partial charge in [0.05, 0.1) is 5.69 Å². The minimum Gasteiger partial charge on any atom is -0.475 e. The number of H-pyrrole nitrogens is 1. The molecular weight excluding hydrogens is 445 g/mol. The van der Waals surface area contributed by atoms with Crippen LogP contribution in [0.1, 0.15) is 5.69 Å². The van der Waals surface area contributed by atoms with Crippen LogP contribution in [0.15, 0.2) is 46.1 Å². The molecule has 1 aliphatic rings. The second kappa shape index (κ2) is 8.71. The van der Waals surface area contributed by atoms with Gasteiger partial charge in [-0.15, -0.1) is 11.3 Å². The molecule has 3 N–H and O–H groups in total. The largest absolute Gasteiger partial charge is 0.490 e. The molecule has 0 saturated carbocycles. The first-order chi connectivity index (χ1) is 14.0. The summed E-state index contributed by atoms with van der Waals surface area (Å²) in [6, 6.07) is 9.39. The number of alkyl halides is 3. The molecule has 0 radical (unpaired) electrons. The monoisotopic (exact) mass is 462 g/mol. The van der Waals surface area contributed by atoms with E-state index in [0.717, 1.165) is 23.3 Å². The Balaban J connectivity index is 0.000000318. The van der Waals surface area contributed by atoms with E-state index in [1.165, 1.54) is 11.3 Å². The molecule has 0 bridgehead atoms. The van der Waals surface area contributed by atoms with Crippen LogP contribution in [0.3, 0.4) is 0 Å². The van der Waals surface area contributed by atoms with Crippen molar-refractivity contribution in [3.8, 4) is 0 Å². The fourth-order valence-corrected chi connectivity index (χ4v) is 4.98. The second-order valence-corrected chi connectivity index (χ2v) is 9.35. The van der Waals surface area contributed by atoms with Gasteiger partial charge in [-0.2, -0.15) is 13.2 Å². The second-order valence-electron chi connectivity index (χ2n) is 6.47. The Bertz CT molecular complexity index is 1110. The Labute approximate surface area is 173 Å². The Morgan fingerprint density at radius 3 is 2.60 bits per heavy atom. The standard InChI is InChI=1S/C15H16N4O2S2.C2HF3O2/c20-23(21,14-2-1-7-22-14)18-13-9-19(10-13)8-12-4-3-11-5-6-16-15(11)17-12;3-2(4,5)1(6)7/h1-7,13,18H,8-10H2,(H,16,17);(H,6,7). The van der Waals surface area contributed by atoms with E-state index in [1.807, 2.05) is 24.4 Å². The summed E-state index contributed by atoms with van der Waals surface area (Å²) in [5.74, 6) is -2.76. The van der Waals surface area contributed by atoms with Crippen LogP contribution in [0.5, 0.6) is 0 Å². The number of likely N-dealkylation sites (tertiary alicyclic amines) is 1. The van der Waals surface area contributed by atoms with Gasteiger partial charge in [0.2, 0.25) is 10.0 Å². The molecule has 0 spiro atoms. The van der Waals surface area contributed by atoms with Crippen LogP contribution < -0.4 is 4.72 Å². The number of aromatic amines is 1. The number of nitrogens with one attached hydrogen (secondary N) is 2. The molecule has 30 heavy (non-hydrogen) atoms. The Hall–Kier alpha value is -2.48. The summed E-state index contributed by atoms with van der Waals surface area (Å²) in [4.78, 5) is 18.7. The van der Waals surface area contributed by atoms with Crippen molar-refractivity contribution in [1.29, 1.82) is 0 Å². The molecule has 4 heterocycles. The van der Waals surface area contributed by atoms with Crippen molar-refractivity contribution in [1.82, 2.24) is 19.6 Å². The van der Waals surface area contributed by atoms with Gasteiger partial charge in [-0.3, -0.25) is 4.90 Å². The van der Waals surface area contributed by atoms with Gasteiger partial charge in [-0.05, 0) is 29.6 Å². The highest BCUT2D eigenvalue weighted by atomic mass is 32.2. The number of aromatic nitrogens is 2. The summed E-state index contributed by atoms with van der Waals surface area (Å²) >= 11 is 1.23. The van der Waals surface area contributed by atoms with Gasteiger partial charge in [-0.25, -0.2) is 22.9 Å². The average Bonchev–Trinajstić information content (AvgIpc) is 3.31. The molecule has 4 rings (SSSR count). The number of hydrogen-bond donors (Lipinski definition) is 3. The number of carbonyl (C=O) groups is 1. The first-order valence-corrected chi connectivity index (χ1v) is 10.9. The number of rotatable bonds is 5. The van der Waals surface area contributed by atoms with Crippen LogP contribution in [-0.4, -0.2) is 59.7 Å². The van der Waals surface area contributed by atoms with E-state index in [4.69, 9.17) is 9.90 Å². The quantitative estimate of drug-likeness (QED) is 0.537. The number of halogens is 3. The number of fused-ring (bicyclic) bond motifs is 1. The van der Waals surface area contributed by atoms with Crippen molar-refractivity contribution in [2.24, 2.45) is 0 Å². The van der Waals surface area contributed by atoms with Crippen LogP contribution in [0, 0.1) is 0 Å². The molecule has 0 amide bonds. The van der Waals surface area contributed by atoms with E-state index >= 15 is 0 Å². The van der Waals surface area contributed by atoms with Crippen molar-refractivity contribution < 1.29 is 31.5 Å². The molecule has 0 aromatic carbocycles. The molecule has 0 unspecified atom stereocenters. The lowest BCUT2D eigenvalue weighted by Gasteiger charge is -2.38. The third-order valence-corrected chi connectivity index (χ3v) is 7.05. The van der Waals surface area contributed by atoms with Crippen LogP contribution >= 0.6 is 11.3 Å². The molecule has 162 valence electrons. The molecule has 0 atom stereocenters. The predicted molar refractivity (Wildman–Crippen MR) is 103 cm³/mol. The first kappa shape index (κ1) is 22.2. The zero-order valence-electron chi connectivity index (χ0n) is 15.3. The number of sulfonamides is 1. The highest BCUT2D eigenvalue weighted by molar-refractivity contribution is 7.91. The minimum absolute atomic E-state index is 0.0312. The van der Waals surface area contributed by atoms with Gasteiger partial charge in [0.25, 0.3) is 0 Å². The Morgan fingerprint density at radius 1 is 1.30 bits per heavy atom. The lowest BCUT2D eigenvalue weighted by Crippen LogP contribution is -2.58. The van der Waals surface area contributed by atoms with E-state index in [0.29, 0.717) is 17.3 Å². The fourth-order valence-electron chi connectivity index (χ4n) is 2.76. The third-order valence-electron chi connectivity index (χ3n) is 4.13. The zero-order chi connectivity index (χ0) is 21.9. The Morgan fingerprint density at radius 2 is 2.00 bits per heavy atom. The van der Waals surface area contributed by atoms with E-state index in [9.17, 15) is 21.6 Å². The number of hydrogen-bond acceptors (Lipinski definition) is 6. The first-order valence-electron chi connectivity index (χ1n) is 8.56. The van der Waals surface area contributed by atoms with Crippen LogP contribution in [0.2, 0.25) is 0 Å². The molecule has 1 aliphatic heterocycles. The zero-order valence-corrected chi connectivity index (χ0v) is 16.9. The summed E-state index contributed by atoms with van der Waals surface area (Å²) in [5.41, 5.74) is 1.87. The van der Waals surface area contributed by atoms with Crippen LogP contribution in [-0.2, 0) is 21.4 Å². The van der Waals surface area contributed by atoms with Gasteiger partial charge in [-0.1, -0.05) is 6.07 Å². The molecule has 1 fully saturated rings. The molecule has 1 saturated heterocycles. The molecule has 3 aromatic heterocycles. The maximum Gasteiger partial charge on any atom is 0.490 e. The molecule has 13 heteroatoms. The van der Waals surface area contributed by atoms with E-state index < -0.39 is 22.2 Å². The predicted octanol–water partition coefficient (Wildman–Crippen LogP) is 2.42. The van der Waals surface area contributed by atoms with Crippen LogP contribution in [0.25, 0.3) is 11.0 Å². The maximum atomic E-state index is 12.1. The Kier molecular flexibility index (Phi) is 6.45. The number of aliphatic carboxylic acids is 1. The molecule has 3 aromatic rings. The van der Waals surface area contributed by atoms with E-state index in [-0.39, 0.29) is 6.04 Å². The van der Waals surface area contributed by atoms with E-state index in [1.54, 1.807) is 17.5 Å². The summed E-state index contributed by atoms with van der Waals surface area (Å²) in [6.45, 7) is 2.14. The third kappa shape index (κ3) is 5.56. The topological polar surface area (TPSA) is 115 Å². The fraction of sp³-hybridized carbons (Fsp3) is 0.294. The smallest absolute Gasteiger partial charge is 0.475 e. The molecule has 8 nitrogen and oxygen atoms in total. The maximum absolute atomic E-state index is 12.1. The molecule has 0 aliphatic carbocycles. The SMILES string of the molecule is O=C(O)C(F)(F)F.O=S(=O)(NC1CN(Cc2ccc3cc[nH]c3n2)C1)c1cccs1. The number of carboxylic acids is 1. The number of carboxylic acid groups (broad SMARTS) is 1. The lowest BCUT2D eigenvalue weighted by atomic mass is 10.1. The molecular formula is C17H17F3N4O4S2. The van der Waals surface area contributed by atoms with Crippen LogP contribution in [0.4, 0.5) is 13.2 Å². The van der Waals surface area contributed by atoms with Gasteiger partial charge >= 0.3 is 12.1 Å².